The average Bonchev–Trinajstić information content (AvgIpc) is 3.16. The van der Waals surface area contributed by atoms with Gasteiger partial charge in [0.2, 0.25) is 5.91 Å². The number of carbonyl (C=O) groups excluding carboxylic acids is 1. The predicted octanol–water partition coefficient (Wildman–Crippen LogP) is 2.79. The minimum Gasteiger partial charge on any atom is -0.382 e. The van der Waals surface area contributed by atoms with Gasteiger partial charge in [0.05, 0.1) is 11.9 Å². The zero-order valence-electron chi connectivity index (χ0n) is 17.3. The second-order valence-electron chi connectivity index (χ2n) is 6.93. The van der Waals surface area contributed by atoms with Gasteiger partial charge >= 0.3 is 10.1 Å². The highest BCUT2D eigenvalue weighted by Crippen LogP contribution is 2.29. The molecule has 1 heterocycles. The molecule has 0 aliphatic carbocycles. The molecule has 0 radical (unpaired) electrons. The number of rotatable bonds is 10. The summed E-state index contributed by atoms with van der Waals surface area (Å²) in [7, 11) is -3.68. The van der Waals surface area contributed by atoms with E-state index in [4.69, 9.17) is 8.92 Å². The van der Waals surface area contributed by atoms with Crippen LogP contribution in [0.5, 0.6) is 5.75 Å². The molecule has 1 fully saturated rings. The molecule has 1 aliphatic rings. The van der Waals surface area contributed by atoms with Crippen molar-refractivity contribution >= 4 is 21.7 Å². The summed E-state index contributed by atoms with van der Waals surface area (Å²) in [5, 5.41) is 0. The number of anilines is 1. The normalized spacial score (nSPS) is 16.8. The Balaban J connectivity index is 2.32. The highest BCUT2D eigenvalue weighted by molar-refractivity contribution is 7.87. The molecule has 7 nitrogen and oxygen atoms in total. The van der Waals surface area contributed by atoms with Crippen molar-refractivity contribution in [3.05, 3.63) is 23.8 Å². The summed E-state index contributed by atoms with van der Waals surface area (Å²) in [6.45, 7) is 10.2. The Labute approximate surface area is 168 Å². The molecular weight excluding hydrogens is 380 g/mol. The molecule has 28 heavy (non-hydrogen) atoms. The monoisotopic (exact) mass is 412 g/mol. The first-order valence-corrected chi connectivity index (χ1v) is 11.5. The SMILES string of the molecule is CCN(CC)c1ccc(CN(CC2CCCO2)C(C)=O)c(OS(=O)(=O)CC)c1. The molecule has 1 saturated heterocycles. The molecule has 1 aliphatic heterocycles. The van der Waals surface area contributed by atoms with Crippen LogP contribution in [0.4, 0.5) is 5.69 Å². The fraction of sp³-hybridized carbons (Fsp3) is 0.650. The molecule has 0 bridgehead atoms. The lowest BCUT2D eigenvalue weighted by molar-refractivity contribution is -0.131. The van der Waals surface area contributed by atoms with E-state index in [1.165, 1.54) is 6.92 Å². The zero-order chi connectivity index (χ0) is 20.7. The van der Waals surface area contributed by atoms with E-state index >= 15 is 0 Å². The van der Waals surface area contributed by atoms with E-state index in [0.29, 0.717) is 12.1 Å². The summed E-state index contributed by atoms with van der Waals surface area (Å²) in [5.74, 6) is 0.0892. The van der Waals surface area contributed by atoms with Crippen molar-refractivity contribution in [3.63, 3.8) is 0 Å². The molecule has 1 aromatic carbocycles. The first-order valence-electron chi connectivity index (χ1n) is 9.96. The van der Waals surface area contributed by atoms with Crippen molar-refractivity contribution in [3.8, 4) is 5.75 Å². The van der Waals surface area contributed by atoms with Crippen LogP contribution >= 0.6 is 0 Å². The number of ether oxygens (including phenoxy) is 1. The van der Waals surface area contributed by atoms with E-state index in [1.54, 1.807) is 17.9 Å². The van der Waals surface area contributed by atoms with Gasteiger partial charge < -0.3 is 18.7 Å². The molecule has 0 saturated carbocycles. The summed E-state index contributed by atoms with van der Waals surface area (Å²) in [5.41, 5.74) is 1.56. The third kappa shape index (κ3) is 6.10. The lowest BCUT2D eigenvalue weighted by Gasteiger charge is -2.26. The molecule has 158 valence electrons. The van der Waals surface area contributed by atoms with Crippen molar-refractivity contribution in [2.45, 2.75) is 53.2 Å². The third-order valence-corrected chi connectivity index (χ3v) is 6.14. The Morgan fingerprint density at radius 1 is 1.25 bits per heavy atom. The maximum absolute atomic E-state index is 12.2. The van der Waals surface area contributed by atoms with Crippen LogP contribution in [0.3, 0.4) is 0 Å². The quantitative estimate of drug-likeness (QED) is 0.550. The number of amides is 1. The summed E-state index contributed by atoms with van der Waals surface area (Å²) >= 11 is 0. The molecule has 8 heteroatoms. The Morgan fingerprint density at radius 2 is 1.96 bits per heavy atom. The van der Waals surface area contributed by atoms with Gasteiger partial charge in [-0.2, -0.15) is 8.42 Å². The van der Waals surface area contributed by atoms with Gasteiger partial charge in [-0.05, 0) is 39.7 Å². The second-order valence-corrected chi connectivity index (χ2v) is 8.79. The molecular formula is C20H32N2O5S. The van der Waals surface area contributed by atoms with Gasteiger partial charge in [-0.15, -0.1) is 0 Å². The van der Waals surface area contributed by atoms with Gasteiger partial charge in [-0.25, -0.2) is 0 Å². The van der Waals surface area contributed by atoms with Crippen LogP contribution in [-0.2, 0) is 26.2 Å². The molecule has 0 spiro atoms. The largest absolute Gasteiger partial charge is 0.382 e. The zero-order valence-corrected chi connectivity index (χ0v) is 18.1. The van der Waals surface area contributed by atoms with Crippen molar-refractivity contribution in [2.75, 3.05) is 36.9 Å². The number of benzene rings is 1. The van der Waals surface area contributed by atoms with Crippen LogP contribution < -0.4 is 9.08 Å². The molecule has 0 aromatic heterocycles. The lowest BCUT2D eigenvalue weighted by atomic mass is 10.1. The highest BCUT2D eigenvalue weighted by atomic mass is 32.2. The Hall–Kier alpha value is -1.80. The number of hydrogen-bond acceptors (Lipinski definition) is 6. The highest BCUT2D eigenvalue weighted by Gasteiger charge is 2.23. The van der Waals surface area contributed by atoms with E-state index in [0.717, 1.165) is 38.2 Å². The molecule has 1 unspecified atom stereocenters. The van der Waals surface area contributed by atoms with Gasteiger partial charge in [0.15, 0.2) is 0 Å². The van der Waals surface area contributed by atoms with Crippen LogP contribution in [0.1, 0.15) is 46.1 Å². The minimum absolute atomic E-state index is 0.0302. The fourth-order valence-corrected chi connectivity index (χ4v) is 3.82. The van der Waals surface area contributed by atoms with Crippen molar-refractivity contribution in [2.24, 2.45) is 0 Å². The minimum atomic E-state index is -3.68. The smallest absolute Gasteiger partial charge is 0.308 e. The van der Waals surface area contributed by atoms with E-state index in [2.05, 4.69) is 4.90 Å². The van der Waals surface area contributed by atoms with Crippen LogP contribution in [0, 0.1) is 0 Å². The van der Waals surface area contributed by atoms with E-state index in [-0.39, 0.29) is 30.1 Å². The first kappa shape index (κ1) is 22.5. The third-order valence-electron chi connectivity index (χ3n) is 5.00. The summed E-state index contributed by atoms with van der Waals surface area (Å²) in [6, 6.07) is 5.54. The van der Waals surface area contributed by atoms with Gasteiger partial charge in [0.25, 0.3) is 0 Å². The predicted molar refractivity (Wildman–Crippen MR) is 110 cm³/mol. The van der Waals surface area contributed by atoms with Crippen LogP contribution in [0.25, 0.3) is 0 Å². The van der Waals surface area contributed by atoms with Gasteiger partial charge in [0.1, 0.15) is 5.75 Å². The Bertz CT molecular complexity index is 756. The maximum Gasteiger partial charge on any atom is 0.308 e. The lowest BCUT2D eigenvalue weighted by Crippen LogP contribution is -2.35. The van der Waals surface area contributed by atoms with Crippen molar-refractivity contribution in [1.29, 1.82) is 0 Å². The van der Waals surface area contributed by atoms with Crippen LogP contribution in [0.2, 0.25) is 0 Å². The number of carbonyl (C=O) groups is 1. The van der Waals surface area contributed by atoms with Gasteiger partial charge in [-0.3, -0.25) is 4.79 Å². The van der Waals surface area contributed by atoms with Crippen molar-refractivity contribution in [1.82, 2.24) is 4.90 Å². The first-order chi connectivity index (χ1) is 13.3. The van der Waals surface area contributed by atoms with E-state index in [1.807, 2.05) is 26.0 Å². The maximum atomic E-state index is 12.2. The standard InChI is InChI=1S/C20H32N2O5S/c1-5-21(6-2)18-11-10-17(20(13-18)27-28(24,25)7-3)14-22(16(4)23)15-19-9-8-12-26-19/h10-11,13,19H,5-9,12,14-15H2,1-4H3. The van der Waals surface area contributed by atoms with Gasteiger partial charge in [0, 0.05) is 57.0 Å². The molecule has 1 aromatic rings. The summed E-state index contributed by atoms with van der Waals surface area (Å²) < 4.78 is 35.2. The summed E-state index contributed by atoms with van der Waals surface area (Å²) in [4.78, 5) is 16.0. The fourth-order valence-electron chi connectivity index (χ4n) is 3.28. The Kier molecular flexibility index (Phi) is 8.12. The van der Waals surface area contributed by atoms with Gasteiger partial charge in [-0.1, -0.05) is 6.07 Å². The Morgan fingerprint density at radius 3 is 2.50 bits per heavy atom. The van der Waals surface area contributed by atoms with E-state index in [9.17, 15) is 13.2 Å². The molecule has 2 rings (SSSR count). The van der Waals surface area contributed by atoms with E-state index < -0.39 is 10.1 Å². The van der Waals surface area contributed by atoms with Crippen molar-refractivity contribution < 1.29 is 22.1 Å². The molecule has 0 N–H and O–H groups in total. The second kappa shape index (κ2) is 10.1. The van der Waals surface area contributed by atoms with Crippen LogP contribution in [0.15, 0.2) is 18.2 Å². The topological polar surface area (TPSA) is 76.2 Å². The average molecular weight is 413 g/mol. The number of hydrogen-bond donors (Lipinski definition) is 0. The molecule has 1 amide bonds. The summed E-state index contributed by atoms with van der Waals surface area (Å²) in [6.07, 6.45) is 1.96. The van der Waals surface area contributed by atoms with Crippen LogP contribution in [-0.4, -0.2) is 57.3 Å². The molecule has 1 atom stereocenters. The number of nitrogens with zero attached hydrogens (tertiary/aromatic N) is 2.